The lowest BCUT2D eigenvalue weighted by molar-refractivity contribution is -0.119. The maximum absolute atomic E-state index is 13.3. The van der Waals surface area contributed by atoms with Crippen LogP contribution in [0.25, 0.3) is 0 Å². The molecular weight excluding hydrogens is 424 g/mol. The Kier molecular flexibility index (Phi) is 8.62. The summed E-state index contributed by atoms with van der Waals surface area (Å²) in [6.45, 7) is 8.81. The van der Waals surface area contributed by atoms with E-state index in [2.05, 4.69) is 57.3 Å². The molecule has 0 N–H and O–H groups in total. The van der Waals surface area contributed by atoms with Crippen LogP contribution in [0.1, 0.15) is 62.7 Å². The van der Waals surface area contributed by atoms with Crippen LogP contribution in [0.4, 0.5) is 0 Å². The standard InChI is InChI=1S/C29H36O3Si/c1-22(2)12-11-17-27(23-18-20-25(30)21-19-23)29(32-28(31)24-13-7-5-8-14-24)33(3,4)26-15-9-6-10-16-26/h5-10,12-16,29H,11,17-21H2,1-4H3. The van der Waals surface area contributed by atoms with E-state index in [1.807, 2.05) is 36.4 Å². The van der Waals surface area contributed by atoms with Crippen molar-refractivity contribution in [2.45, 2.75) is 71.2 Å². The van der Waals surface area contributed by atoms with Gasteiger partial charge in [0.05, 0.1) is 5.56 Å². The van der Waals surface area contributed by atoms with Gasteiger partial charge in [-0.25, -0.2) is 4.79 Å². The lowest BCUT2D eigenvalue weighted by atomic mass is 9.88. The average Bonchev–Trinajstić information content (AvgIpc) is 2.82. The van der Waals surface area contributed by atoms with E-state index < -0.39 is 8.07 Å². The van der Waals surface area contributed by atoms with E-state index in [1.54, 1.807) is 0 Å². The maximum atomic E-state index is 13.3. The normalized spacial score (nSPS) is 15.0. The van der Waals surface area contributed by atoms with E-state index in [0.29, 0.717) is 24.2 Å². The molecule has 0 heterocycles. The molecule has 0 amide bonds. The molecule has 1 aliphatic rings. The number of hydrogen-bond donors (Lipinski definition) is 0. The van der Waals surface area contributed by atoms with Crippen molar-refractivity contribution in [2.24, 2.45) is 0 Å². The molecule has 2 aromatic carbocycles. The number of carbonyl (C=O) groups is 2. The van der Waals surface area contributed by atoms with Crippen LogP contribution in [0, 0.1) is 0 Å². The molecule has 1 saturated carbocycles. The molecule has 3 rings (SSSR count). The number of hydrogen-bond acceptors (Lipinski definition) is 3. The third-order valence-corrected chi connectivity index (χ3v) is 10.2. The first-order chi connectivity index (χ1) is 15.8. The van der Waals surface area contributed by atoms with Gasteiger partial charge in [-0.15, -0.1) is 0 Å². The number of allylic oxidation sites excluding steroid dienone is 3. The van der Waals surface area contributed by atoms with Gasteiger partial charge < -0.3 is 4.74 Å². The fourth-order valence-corrected chi connectivity index (χ4v) is 7.56. The zero-order valence-electron chi connectivity index (χ0n) is 20.4. The number of benzene rings is 2. The third kappa shape index (κ3) is 6.64. The molecule has 1 atom stereocenters. The first-order valence-corrected chi connectivity index (χ1v) is 15.0. The predicted octanol–water partition coefficient (Wildman–Crippen LogP) is 6.55. The van der Waals surface area contributed by atoms with Gasteiger partial charge in [-0.05, 0) is 57.2 Å². The minimum Gasteiger partial charge on any atom is -0.458 e. The summed E-state index contributed by atoms with van der Waals surface area (Å²) in [5.74, 6) is 0.0594. The predicted molar refractivity (Wildman–Crippen MR) is 138 cm³/mol. The summed E-state index contributed by atoms with van der Waals surface area (Å²) in [6.07, 6.45) is 6.76. The highest BCUT2D eigenvalue weighted by Crippen LogP contribution is 2.33. The van der Waals surface area contributed by atoms with E-state index in [4.69, 9.17) is 4.74 Å². The minimum atomic E-state index is -2.25. The number of ether oxygens (including phenoxy) is 1. The summed E-state index contributed by atoms with van der Waals surface area (Å²) < 4.78 is 6.41. The average molecular weight is 461 g/mol. The molecule has 0 bridgehead atoms. The zero-order valence-corrected chi connectivity index (χ0v) is 21.4. The topological polar surface area (TPSA) is 43.4 Å². The lowest BCUT2D eigenvalue weighted by Crippen LogP contribution is -2.55. The van der Waals surface area contributed by atoms with Gasteiger partial charge in [0.25, 0.3) is 0 Å². The molecule has 0 radical (unpaired) electrons. The highest BCUT2D eigenvalue weighted by atomic mass is 28.3. The number of ketones is 1. The van der Waals surface area contributed by atoms with E-state index in [0.717, 1.165) is 25.7 Å². The van der Waals surface area contributed by atoms with Crippen LogP contribution in [-0.2, 0) is 9.53 Å². The molecule has 0 spiro atoms. The summed E-state index contributed by atoms with van der Waals surface area (Å²) in [5.41, 5.74) is 4.15. The van der Waals surface area contributed by atoms with E-state index in [9.17, 15) is 9.59 Å². The smallest absolute Gasteiger partial charge is 0.338 e. The maximum Gasteiger partial charge on any atom is 0.338 e. The van der Waals surface area contributed by atoms with Crippen LogP contribution in [0.3, 0.4) is 0 Å². The molecule has 33 heavy (non-hydrogen) atoms. The number of carbonyl (C=O) groups excluding carboxylic acids is 2. The summed E-state index contributed by atoms with van der Waals surface area (Å²) >= 11 is 0. The van der Waals surface area contributed by atoms with Crippen molar-refractivity contribution in [2.75, 3.05) is 0 Å². The van der Waals surface area contributed by atoms with Crippen LogP contribution < -0.4 is 5.19 Å². The molecule has 4 heteroatoms. The third-order valence-electron chi connectivity index (χ3n) is 6.56. The van der Waals surface area contributed by atoms with E-state index >= 15 is 0 Å². The van der Waals surface area contributed by atoms with Crippen molar-refractivity contribution in [3.63, 3.8) is 0 Å². The Hall–Kier alpha value is -2.72. The Labute approximate surface area is 199 Å². The second kappa shape index (κ2) is 11.4. The van der Waals surface area contributed by atoms with Crippen LogP contribution in [0.2, 0.25) is 13.1 Å². The molecule has 3 nitrogen and oxygen atoms in total. The molecule has 174 valence electrons. The molecule has 0 saturated heterocycles. The Balaban J connectivity index is 2.06. The van der Waals surface area contributed by atoms with Gasteiger partial charge in [0.15, 0.2) is 0 Å². The second-order valence-electron chi connectivity index (χ2n) is 9.73. The summed E-state index contributed by atoms with van der Waals surface area (Å²) in [6, 6.07) is 19.8. The Morgan fingerprint density at radius 1 is 0.939 bits per heavy atom. The monoisotopic (exact) mass is 460 g/mol. The summed E-state index contributed by atoms with van der Waals surface area (Å²) in [7, 11) is -2.25. The van der Waals surface area contributed by atoms with Crippen LogP contribution >= 0.6 is 0 Å². The van der Waals surface area contributed by atoms with Gasteiger partial charge in [0.1, 0.15) is 19.6 Å². The Bertz CT molecular complexity index is 1000. The molecule has 0 aromatic heterocycles. The molecule has 0 aliphatic heterocycles. The van der Waals surface area contributed by atoms with Gasteiger partial charge in [-0.2, -0.15) is 0 Å². The van der Waals surface area contributed by atoms with Gasteiger partial charge in [-0.1, -0.05) is 84.0 Å². The summed E-state index contributed by atoms with van der Waals surface area (Å²) in [5, 5.41) is 1.27. The highest BCUT2D eigenvalue weighted by molar-refractivity contribution is 6.91. The van der Waals surface area contributed by atoms with Crippen LogP contribution in [0.5, 0.6) is 0 Å². The molecule has 1 aliphatic carbocycles. The first-order valence-electron chi connectivity index (χ1n) is 12.0. The molecular formula is C29H36O3Si. The van der Waals surface area contributed by atoms with Crippen molar-refractivity contribution < 1.29 is 14.3 Å². The quantitative estimate of drug-likeness (QED) is 0.255. The largest absolute Gasteiger partial charge is 0.458 e. The Morgan fingerprint density at radius 2 is 1.52 bits per heavy atom. The fraction of sp³-hybridized carbons (Fsp3) is 0.379. The molecule has 1 fully saturated rings. The number of esters is 1. The van der Waals surface area contributed by atoms with Crippen molar-refractivity contribution in [1.82, 2.24) is 0 Å². The summed E-state index contributed by atoms with van der Waals surface area (Å²) in [4.78, 5) is 25.2. The molecule has 1 unspecified atom stereocenters. The van der Waals surface area contributed by atoms with Crippen LogP contribution in [0.15, 0.2) is 83.5 Å². The van der Waals surface area contributed by atoms with Crippen molar-refractivity contribution in [3.8, 4) is 0 Å². The van der Waals surface area contributed by atoms with Crippen LogP contribution in [-0.4, -0.2) is 25.6 Å². The first kappa shape index (κ1) is 24.9. The van der Waals surface area contributed by atoms with Crippen molar-refractivity contribution in [1.29, 1.82) is 0 Å². The Morgan fingerprint density at radius 3 is 2.09 bits per heavy atom. The minimum absolute atomic E-state index is 0.274. The molecule has 2 aromatic rings. The van der Waals surface area contributed by atoms with Gasteiger partial charge in [0.2, 0.25) is 0 Å². The van der Waals surface area contributed by atoms with Gasteiger partial charge >= 0.3 is 5.97 Å². The van der Waals surface area contributed by atoms with Crippen molar-refractivity contribution >= 4 is 25.0 Å². The number of rotatable bonds is 8. The number of Topliss-reactive ketones (excluding diaryl/α,β-unsaturated/α-hetero) is 1. The SMILES string of the molecule is CC(C)=CCCC(=C1CCC(=O)CC1)C(OC(=O)c1ccccc1)[Si](C)(C)c1ccccc1. The lowest BCUT2D eigenvalue weighted by Gasteiger charge is -2.36. The van der Waals surface area contributed by atoms with E-state index in [-0.39, 0.29) is 11.7 Å². The fourth-order valence-electron chi connectivity index (χ4n) is 4.58. The zero-order chi connectivity index (χ0) is 23.8. The second-order valence-corrected chi connectivity index (χ2v) is 14.3. The van der Waals surface area contributed by atoms with E-state index in [1.165, 1.54) is 21.9 Å². The highest BCUT2D eigenvalue weighted by Gasteiger charge is 2.40. The van der Waals surface area contributed by atoms with Gasteiger partial charge in [-0.3, -0.25) is 4.79 Å². The van der Waals surface area contributed by atoms with Crippen molar-refractivity contribution in [3.05, 3.63) is 89.0 Å². The van der Waals surface area contributed by atoms with Gasteiger partial charge in [0, 0.05) is 12.8 Å².